The Labute approximate surface area is 131 Å². The summed E-state index contributed by atoms with van der Waals surface area (Å²) in [5.41, 5.74) is 1.14. The molecule has 0 spiro atoms. The van der Waals surface area contributed by atoms with Crippen molar-refractivity contribution < 1.29 is 19.4 Å². The highest BCUT2D eigenvalue weighted by Crippen LogP contribution is 2.48. The van der Waals surface area contributed by atoms with Gasteiger partial charge in [0.15, 0.2) is 6.04 Å². The summed E-state index contributed by atoms with van der Waals surface area (Å²) in [6, 6.07) is 7.09. The summed E-state index contributed by atoms with van der Waals surface area (Å²) in [4.78, 5) is 25.2. The highest BCUT2D eigenvalue weighted by Gasteiger charge is 2.48. The Morgan fingerprint density at radius 3 is 2.67 bits per heavy atom. The first-order valence-corrected chi connectivity index (χ1v) is 7.73. The standard InChI is InChI=1S/C15H16BrNO4/c16-10-3-1-9(2-4-10)11-7-12(11)14(18)17-5-6-21-8-13(17)15(19)20/h1-4,11-13H,5-8H2,(H,19,20). The summed E-state index contributed by atoms with van der Waals surface area (Å²) in [5, 5.41) is 9.19. The average molecular weight is 354 g/mol. The topological polar surface area (TPSA) is 66.8 Å². The minimum atomic E-state index is -0.996. The van der Waals surface area contributed by atoms with Crippen molar-refractivity contribution in [2.24, 2.45) is 5.92 Å². The third kappa shape index (κ3) is 2.96. The summed E-state index contributed by atoms with van der Waals surface area (Å²) in [6.07, 6.45) is 0.796. The Morgan fingerprint density at radius 2 is 2.00 bits per heavy atom. The van der Waals surface area contributed by atoms with Gasteiger partial charge in [-0.3, -0.25) is 4.79 Å². The van der Waals surface area contributed by atoms with Crippen molar-refractivity contribution in [3.05, 3.63) is 34.3 Å². The molecule has 2 fully saturated rings. The van der Waals surface area contributed by atoms with E-state index in [9.17, 15) is 14.7 Å². The van der Waals surface area contributed by atoms with E-state index in [2.05, 4.69) is 15.9 Å². The van der Waals surface area contributed by atoms with Crippen molar-refractivity contribution in [1.82, 2.24) is 4.90 Å². The Hall–Kier alpha value is -1.40. The minimum Gasteiger partial charge on any atom is -0.480 e. The van der Waals surface area contributed by atoms with E-state index in [4.69, 9.17) is 4.74 Å². The molecule has 21 heavy (non-hydrogen) atoms. The number of nitrogens with zero attached hydrogens (tertiary/aromatic N) is 1. The number of rotatable bonds is 3. The first-order valence-electron chi connectivity index (χ1n) is 6.94. The van der Waals surface area contributed by atoms with Gasteiger partial charge in [0.25, 0.3) is 0 Å². The van der Waals surface area contributed by atoms with Crippen LogP contribution < -0.4 is 0 Å². The van der Waals surface area contributed by atoms with Crippen molar-refractivity contribution in [2.45, 2.75) is 18.4 Å². The van der Waals surface area contributed by atoms with Crippen LogP contribution in [0.5, 0.6) is 0 Å². The fourth-order valence-electron chi connectivity index (χ4n) is 2.83. The van der Waals surface area contributed by atoms with Gasteiger partial charge in [0, 0.05) is 16.9 Å². The second-order valence-corrected chi connectivity index (χ2v) is 6.38. The molecule has 3 unspecified atom stereocenters. The molecule has 1 aliphatic heterocycles. The van der Waals surface area contributed by atoms with Crippen molar-refractivity contribution >= 4 is 27.8 Å². The van der Waals surface area contributed by atoms with E-state index in [1.165, 1.54) is 4.90 Å². The van der Waals surface area contributed by atoms with E-state index < -0.39 is 12.0 Å². The summed E-state index contributed by atoms with van der Waals surface area (Å²) < 4.78 is 6.18. The molecule has 0 radical (unpaired) electrons. The van der Waals surface area contributed by atoms with Crippen LogP contribution in [0.2, 0.25) is 0 Å². The zero-order valence-electron chi connectivity index (χ0n) is 11.4. The van der Waals surface area contributed by atoms with E-state index in [0.29, 0.717) is 13.2 Å². The number of ether oxygens (including phenoxy) is 1. The third-order valence-corrected chi connectivity index (χ3v) is 4.63. The van der Waals surface area contributed by atoms with Crippen LogP contribution in [0.1, 0.15) is 17.9 Å². The first-order chi connectivity index (χ1) is 10.1. The van der Waals surface area contributed by atoms with Crippen LogP contribution in [0.25, 0.3) is 0 Å². The fraction of sp³-hybridized carbons (Fsp3) is 0.467. The zero-order valence-corrected chi connectivity index (χ0v) is 13.0. The largest absolute Gasteiger partial charge is 0.480 e. The van der Waals surface area contributed by atoms with Crippen LogP contribution in [-0.2, 0) is 14.3 Å². The van der Waals surface area contributed by atoms with Crippen LogP contribution in [0.15, 0.2) is 28.7 Å². The lowest BCUT2D eigenvalue weighted by molar-refractivity contribution is -0.158. The normalized spacial score (nSPS) is 28.2. The molecule has 1 saturated heterocycles. The van der Waals surface area contributed by atoms with Crippen molar-refractivity contribution in [1.29, 1.82) is 0 Å². The van der Waals surface area contributed by atoms with Gasteiger partial charge in [0.2, 0.25) is 5.91 Å². The summed E-state index contributed by atoms with van der Waals surface area (Å²) in [6.45, 7) is 0.849. The molecule has 1 N–H and O–H groups in total. The molecule has 0 bridgehead atoms. The molecular weight excluding hydrogens is 338 g/mol. The second-order valence-electron chi connectivity index (χ2n) is 5.46. The predicted octanol–water partition coefficient (Wildman–Crippen LogP) is 1.86. The molecule has 1 aromatic rings. The lowest BCUT2D eigenvalue weighted by atomic mass is 10.1. The highest BCUT2D eigenvalue weighted by molar-refractivity contribution is 9.10. The minimum absolute atomic E-state index is 0.0568. The molecule has 3 atom stereocenters. The van der Waals surface area contributed by atoms with Crippen molar-refractivity contribution in [3.8, 4) is 0 Å². The number of carboxylic acid groups (broad SMARTS) is 1. The van der Waals surface area contributed by atoms with Crippen LogP contribution in [0.4, 0.5) is 0 Å². The lowest BCUT2D eigenvalue weighted by Crippen LogP contribution is -2.53. The molecule has 2 aliphatic rings. The smallest absolute Gasteiger partial charge is 0.328 e. The molecule has 5 nitrogen and oxygen atoms in total. The SMILES string of the molecule is O=C(O)C1COCCN1C(=O)C1CC1c1ccc(Br)cc1. The molecule has 1 aromatic carbocycles. The van der Waals surface area contributed by atoms with E-state index in [1.54, 1.807) is 0 Å². The Kier molecular flexibility index (Phi) is 3.99. The summed E-state index contributed by atoms with van der Waals surface area (Å²) in [7, 11) is 0. The van der Waals surface area contributed by atoms with Crippen molar-refractivity contribution in [3.63, 3.8) is 0 Å². The van der Waals surface area contributed by atoms with Crippen LogP contribution >= 0.6 is 15.9 Å². The average Bonchev–Trinajstić information content (AvgIpc) is 3.27. The molecule has 0 aromatic heterocycles. The Morgan fingerprint density at radius 1 is 1.29 bits per heavy atom. The zero-order chi connectivity index (χ0) is 15.0. The number of halogens is 1. The van der Waals surface area contributed by atoms with E-state index >= 15 is 0 Å². The maximum atomic E-state index is 12.5. The second kappa shape index (κ2) is 5.77. The van der Waals surface area contributed by atoms with Crippen molar-refractivity contribution in [2.75, 3.05) is 19.8 Å². The summed E-state index contributed by atoms with van der Waals surface area (Å²) >= 11 is 3.39. The molecular formula is C15H16BrNO4. The number of morpholine rings is 1. The maximum absolute atomic E-state index is 12.5. The number of carbonyl (C=O) groups excluding carboxylic acids is 1. The quantitative estimate of drug-likeness (QED) is 0.900. The van der Waals surface area contributed by atoms with E-state index in [-0.39, 0.29) is 24.3 Å². The number of aliphatic carboxylic acids is 1. The number of benzene rings is 1. The van der Waals surface area contributed by atoms with Gasteiger partial charge in [0.05, 0.1) is 13.2 Å². The molecule has 1 saturated carbocycles. The molecule has 3 rings (SSSR count). The maximum Gasteiger partial charge on any atom is 0.328 e. The van der Waals surface area contributed by atoms with Gasteiger partial charge in [-0.1, -0.05) is 28.1 Å². The van der Waals surface area contributed by atoms with Crippen LogP contribution in [0, 0.1) is 5.92 Å². The first kappa shape index (κ1) is 14.5. The fourth-order valence-corrected chi connectivity index (χ4v) is 3.10. The van der Waals surface area contributed by atoms with Gasteiger partial charge < -0.3 is 14.7 Å². The molecule has 6 heteroatoms. The van der Waals surface area contributed by atoms with Gasteiger partial charge in [-0.15, -0.1) is 0 Å². The number of hydrogen-bond acceptors (Lipinski definition) is 3. The van der Waals surface area contributed by atoms with E-state index in [1.807, 2.05) is 24.3 Å². The number of amides is 1. The number of hydrogen-bond donors (Lipinski definition) is 1. The third-order valence-electron chi connectivity index (χ3n) is 4.10. The molecule has 112 valence electrons. The van der Waals surface area contributed by atoms with Gasteiger partial charge in [0.1, 0.15) is 0 Å². The Bertz CT molecular complexity index is 559. The van der Waals surface area contributed by atoms with Gasteiger partial charge in [-0.05, 0) is 30.0 Å². The van der Waals surface area contributed by atoms with Gasteiger partial charge in [-0.2, -0.15) is 0 Å². The summed E-state index contributed by atoms with van der Waals surface area (Å²) in [5.74, 6) is -0.934. The monoisotopic (exact) mass is 353 g/mol. The number of carbonyl (C=O) groups is 2. The lowest BCUT2D eigenvalue weighted by Gasteiger charge is -2.33. The van der Waals surface area contributed by atoms with Crippen LogP contribution in [-0.4, -0.2) is 47.7 Å². The molecule has 1 heterocycles. The number of carboxylic acids is 1. The van der Waals surface area contributed by atoms with E-state index in [0.717, 1.165) is 16.5 Å². The van der Waals surface area contributed by atoms with Gasteiger partial charge >= 0.3 is 5.97 Å². The predicted molar refractivity (Wildman–Crippen MR) is 78.9 cm³/mol. The Balaban J connectivity index is 1.69. The van der Waals surface area contributed by atoms with Crippen LogP contribution in [0.3, 0.4) is 0 Å². The van der Waals surface area contributed by atoms with Gasteiger partial charge in [-0.25, -0.2) is 4.79 Å². The highest BCUT2D eigenvalue weighted by atomic mass is 79.9. The molecule has 1 amide bonds. The molecule has 1 aliphatic carbocycles.